The molecule has 0 saturated carbocycles. The maximum Gasteiger partial charge on any atom is 0.236 e. The fourth-order valence-electron chi connectivity index (χ4n) is 1.32. The molecule has 0 spiro atoms. The van der Waals surface area contributed by atoms with Gasteiger partial charge in [0.15, 0.2) is 0 Å². The van der Waals surface area contributed by atoms with Crippen LogP contribution < -0.4 is 5.32 Å². The summed E-state index contributed by atoms with van der Waals surface area (Å²) in [5, 5.41) is 21.3. The maximum atomic E-state index is 11.3. The summed E-state index contributed by atoms with van der Waals surface area (Å²) < 4.78 is 0. The van der Waals surface area contributed by atoms with Gasteiger partial charge in [-0.3, -0.25) is 4.79 Å². The highest BCUT2D eigenvalue weighted by Crippen LogP contribution is 2.09. The standard InChI is InChI=1S/C8H16N2O3/c1-2-9-3-8(13)10-4-6(11)7(12)5-10/h6-7,9,11-12H,2-5H2,1H3/t6-,7+. The largest absolute Gasteiger partial charge is 0.388 e. The fourth-order valence-corrected chi connectivity index (χ4v) is 1.32. The second-order valence-corrected chi connectivity index (χ2v) is 3.21. The predicted octanol–water partition coefficient (Wildman–Crippen LogP) is -1.84. The molecule has 1 amide bonds. The van der Waals surface area contributed by atoms with Crippen molar-refractivity contribution in [3.8, 4) is 0 Å². The van der Waals surface area contributed by atoms with E-state index in [2.05, 4.69) is 5.32 Å². The van der Waals surface area contributed by atoms with Gasteiger partial charge in [-0.2, -0.15) is 0 Å². The van der Waals surface area contributed by atoms with Crippen LogP contribution in [0.15, 0.2) is 0 Å². The van der Waals surface area contributed by atoms with Crippen LogP contribution in [-0.2, 0) is 4.79 Å². The molecule has 0 aliphatic carbocycles. The Labute approximate surface area is 77.3 Å². The molecule has 1 aliphatic heterocycles. The molecule has 0 radical (unpaired) electrons. The molecule has 76 valence electrons. The van der Waals surface area contributed by atoms with Gasteiger partial charge in [-0.05, 0) is 6.54 Å². The molecule has 0 aromatic carbocycles. The Morgan fingerprint density at radius 3 is 2.46 bits per heavy atom. The van der Waals surface area contributed by atoms with E-state index >= 15 is 0 Å². The third-order valence-corrected chi connectivity index (χ3v) is 2.14. The van der Waals surface area contributed by atoms with E-state index in [1.807, 2.05) is 6.92 Å². The van der Waals surface area contributed by atoms with Crippen molar-refractivity contribution < 1.29 is 15.0 Å². The van der Waals surface area contributed by atoms with Gasteiger partial charge in [-0.15, -0.1) is 0 Å². The number of aliphatic hydroxyl groups excluding tert-OH is 2. The van der Waals surface area contributed by atoms with E-state index in [-0.39, 0.29) is 25.5 Å². The summed E-state index contributed by atoms with van der Waals surface area (Å²) in [4.78, 5) is 12.8. The second-order valence-electron chi connectivity index (χ2n) is 3.21. The van der Waals surface area contributed by atoms with Crippen molar-refractivity contribution in [2.24, 2.45) is 0 Å². The van der Waals surface area contributed by atoms with E-state index in [4.69, 9.17) is 0 Å². The van der Waals surface area contributed by atoms with Gasteiger partial charge in [-0.1, -0.05) is 6.92 Å². The molecule has 1 fully saturated rings. The number of likely N-dealkylation sites (N-methyl/N-ethyl adjacent to an activating group) is 1. The van der Waals surface area contributed by atoms with Gasteiger partial charge < -0.3 is 20.4 Å². The van der Waals surface area contributed by atoms with Crippen LogP contribution in [0, 0.1) is 0 Å². The van der Waals surface area contributed by atoms with Crippen molar-refractivity contribution in [2.45, 2.75) is 19.1 Å². The van der Waals surface area contributed by atoms with Crippen molar-refractivity contribution in [2.75, 3.05) is 26.2 Å². The first-order valence-electron chi connectivity index (χ1n) is 4.49. The maximum absolute atomic E-state index is 11.3. The molecule has 3 N–H and O–H groups in total. The fraction of sp³-hybridized carbons (Fsp3) is 0.875. The first-order valence-corrected chi connectivity index (χ1v) is 4.49. The Balaban J connectivity index is 2.33. The molecule has 13 heavy (non-hydrogen) atoms. The topological polar surface area (TPSA) is 72.8 Å². The number of likely N-dealkylation sites (tertiary alicyclic amines) is 1. The lowest BCUT2D eigenvalue weighted by Crippen LogP contribution is -2.37. The zero-order valence-electron chi connectivity index (χ0n) is 7.73. The minimum absolute atomic E-state index is 0.0718. The zero-order valence-corrected chi connectivity index (χ0v) is 7.73. The van der Waals surface area contributed by atoms with Crippen LogP contribution in [0.3, 0.4) is 0 Å². The van der Waals surface area contributed by atoms with Crippen LogP contribution >= 0.6 is 0 Å². The first kappa shape index (κ1) is 10.4. The van der Waals surface area contributed by atoms with E-state index in [0.717, 1.165) is 6.54 Å². The molecule has 1 heterocycles. The lowest BCUT2D eigenvalue weighted by Gasteiger charge is -2.14. The number of rotatable bonds is 3. The van der Waals surface area contributed by atoms with E-state index < -0.39 is 12.2 Å². The number of carbonyl (C=O) groups excluding carboxylic acids is 1. The average Bonchev–Trinajstić information content (AvgIpc) is 2.43. The van der Waals surface area contributed by atoms with Crippen LogP contribution in [0.5, 0.6) is 0 Å². The minimum Gasteiger partial charge on any atom is -0.388 e. The normalized spacial score (nSPS) is 28.1. The van der Waals surface area contributed by atoms with Crippen molar-refractivity contribution in [1.82, 2.24) is 10.2 Å². The number of amides is 1. The molecule has 1 rings (SSSR count). The van der Waals surface area contributed by atoms with E-state index in [0.29, 0.717) is 0 Å². The smallest absolute Gasteiger partial charge is 0.236 e. The highest BCUT2D eigenvalue weighted by atomic mass is 16.3. The Morgan fingerprint density at radius 2 is 2.00 bits per heavy atom. The Hall–Kier alpha value is -0.650. The summed E-state index contributed by atoms with van der Waals surface area (Å²) in [6, 6.07) is 0. The lowest BCUT2D eigenvalue weighted by atomic mass is 10.3. The molecule has 1 saturated heterocycles. The van der Waals surface area contributed by atoms with Gasteiger partial charge in [0.2, 0.25) is 5.91 Å². The minimum atomic E-state index is -0.787. The molecular formula is C8H16N2O3. The predicted molar refractivity (Wildman–Crippen MR) is 47.1 cm³/mol. The van der Waals surface area contributed by atoms with Crippen molar-refractivity contribution in [3.63, 3.8) is 0 Å². The van der Waals surface area contributed by atoms with Gasteiger partial charge in [-0.25, -0.2) is 0 Å². The molecule has 1 aliphatic rings. The summed E-state index contributed by atoms with van der Waals surface area (Å²) >= 11 is 0. The Morgan fingerprint density at radius 1 is 1.46 bits per heavy atom. The number of nitrogens with zero attached hydrogens (tertiary/aromatic N) is 1. The van der Waals surface area contributed by atoms with Crippen LogP contribution in [-0.4, -0.2) is 59.4 Å². The van der Waals surface area contributed by atoms with Gasteiger partial charge in [0.1, 0.15) is 0 Å². The van der Waals surface area contributed by atoms with Gasteiger partial charge in [0.05, 0.1) is 18.8 Å². The summed E-state index contributed by atoms with van der Waals surface area (Å²) in [6.07, 6.45) is -1.57. The average molecular weight is 188 g/mol. The Bertz CT molecular complexity index is 176. The molecule has 0 aromatic heterocycles. The first-order chi connectivity index (χ1) is 6.15. The Kier molecular flexibility index (Phi) is 3.65. The summed E-state index contributed by atoms with van der Waals surface area (Å²) in [5.74, 6) is -0.0718. The molecule has 0 unspecified atom stereocenters. The molecule has 0 aromatic rings. The highest BCUT2D eigenvalue weighted by Gasteiger charge is 2.31. The number of β-amino-alcohol motifs (C(OH)–C–C–N with tert-alkyl or cyclic N) is 2. The number of aliphatic hydroxyl groups is 2. The molecule has 0 bridgehead atoms. The zero-order chi connectivity index (χ0) is 9.84. The lowest BCUT2D eigenvalue weighted by molar-refractivity contribution is -0.129. The van der Waals surface area contributed by atoms with E-state index in [1.54, 1.807) is 0 Å². The molecule has 5 heteroatoms. The van der Waals surface area contributed by atoms with Crippen molar-refractivity contribution >= 4 is 5.91 Å². The highest BCUT2D eigenvalue weighted by molar-refractivity contribution is 5.78. The van der Waals surface area contributed by atoms with Crippen molar-refractivity contribution in [1.29, 1.82) is 0 Å². The quantitative estimate of drug-likeness (QED) is 0.486. The third-order valence-electron chi connectivity index (χ3n) is 2.14. The van der Waals surface area contributed by atoms with Gasteiger partial charge in [0.25, 0.3) is 0 Å². The summed E-state index contributed by atoms with van der Waals surface area (Å²) in [5.41, 5.74) is 0. The summed E-state index contributed by atoms with van der Waals surface area (Å²) in [7, 11) is 0. The van der Waals surface area contributed by atoms with Crippen LogP contribution in [0.4, 0.5) is 0 Å². The van der Waals surface area contributed by atoms with Crippen molar-refractivity contribution in [3.05, 3.63) is 0 Å². The SMILES string of the molecule is CCNCC(=O)N1C[C@@H](O)[C@@H](O)C1. The van der Waals surface area contributed by atoms with Gasteiger partial charge in [0, 0.05) is 13.1 Å². The van der Waals surface area contributed by atoms with Gasteiger partial charge >= 0.3 is 0 Å². The van der Waals surface area contributed by atoms with E-state index in [1.165, 1.54) is 4.90 Å². The van der Waals surface area contributed by atoms with Crippen LogP contribution in [0.1, 0.15) is 6.92 Å². The number of nitrogens with one attached hydrogen (secondary N) is 1. The number of hydrogen-bond acceptors (Lipinski definition) is 4. The second kappa shape index (κ2) is 4.55. The summed E-state index contributed by atoms with van der Waals surface area (Å²) in [6.45, 7) is 3.42. The third kappa shape index (κ3) is 2.65. The molecular weight excluding hydrogens is 172 g/mol. The number of hydrogen-bond donors (Lipinski definition) is 3. The molecule has 2 atom stereocenters. The van der Waals surface area contributed by atoms with Crippen LogP contribution in [0.2, 0.25) is 0 Å². The van der Waals surface area contributed by atoms with Crippen LogP contribution in [0.25, 0.3) is 0 Å². The van der Waals surface area contributed by atoms with E-state index in [9.17, 15) is 15.0 Å². The monoisotopic (exact) mass is 188 g/mol. The number of carbonyl (C=O) groups is 1. The molecule has 5 nitrogen and oxygen atoms in total.